The maximum absolute atomic E-state index is 5.25. The molecule has 0 heterocycles. The molecular formula is C11H26N2OS. The lowest BCUT2D eigenvalue weighted by Gasteiger charge is -2.28. The lowest BCUT2D eigenvalue weighted by molar-refractivity contribution is 0.108. The summed E-state index contributed by atoms with van der Waals surface area (Å²) in [6.07, 6.45) is 2.14. The molecule has 1 unspecified atom stereocenters. The van der Waals surface area contributed by atoms with E-state index in [4.69, 9.17) is 4.74 Å². The van der Waals surface area contributed by atoms with Gasteiger partial charge < -0.3 is 10.1 Å². The van der Waals surface area contributed by atoms with Crippen LogP contribution in [-0.4, -0.2) is 62.8 Å². The van der Waals surface area contributed by atoms with E-state index >= 15 is 0 Å². The van der Waals surface area contributed by atoms with Crippen molar-refractivity contribution in [2.24, 2.45) is 0 Å². The summed E-state index contributed by atoms with van der Waals surface area (Å²) in [6, 6.07) is 1.02. The second kappa shape index (κ2) is 9.46. The summed E-state index contributed by atoms with van der Waals surface area (Å²) < 4.78 is 5.25. The third-order valence-corrected chi connectivity index (χ3v) is 2.98. The molecule has 15 heavy (non-hydrogen) atoms. The summed E-state index contributed by atoms with van der Waals surface area (Å²) in [5.74, 6) is 1.18. The Labute approximate surface area is 98.9 Å². The van der Waals surface area contributed by atoms with Crippen LogP contribution in [0, 0.1) is 0 Å². The number of thioether (sulfide) groups is 1. The minimum atomic E-state index is 0.476. The molecule has 4 heteroatoms. The van der Waals surface area contributed by atoms with Gasteiger partial charge in [-0.1, -0.05) is 13.8 Å². The molecule has 0 aromatic rings. The summed E-state index contributed by atoms with van der Waals surface area (Å²) in [5, 5.41) is 3.46. The number of likely N-dealkylation sites (N-methyl/N-ethyl adjacent to an activating group) is 1. The summed E-state index contributed by atoms with van der Waals surface area (Å²) in [7, 11) is 3.94. The van der Waals surface area contributed by atoms with Gasteiger partial charge in [0.2, 0.25) is 0 Å². The number of rotatable bonds is 9. The molecule has 0 bridgehead atoms. The Kier molecular flexibility index (Phi) is 9.60. The van der Waals surface area contributed by atoms with Gasteiger partial charge in [-0.2, -0.15) is 11.8 Å². The second-order valence-corrected chi connectivity index (χ2v) is 5.13. The maximum Gasteiger partial charge on any atom is 0.0630 e. The average Bonchev–Trinajstić information content (AvgIpc) is 2.20. The first kappa shape index (κ1) is 15.2. The zero-order valence-corrected chi connectivity index (χ0v) is 11.6. The molecule has 0 aliphatic heterocycles. The molecule has 0 aliphatic carbocycles. The molecule has 1 N–H and O–H groups in total. The molecule has 0 saturated carbocycles. The molecule has 0 amide bonds. The molecule has 1 atom stereocenters. The van der Waals surface area contributed by atoms with Gasteiger partial charge in [0.15, 0.2) is 0 Å². The monoisotopic (exact) mass is 234 g/mol. The molecular weight excluding hydrogens is 208 g/mol. The van der Waals surface area contributed by atoms with Gasteiger partial charge in [-0.25, -0.2) is 0 Å². The number of nitrogens with zero attached hydrogens (tertiary/aromatic N) is 1. The average molecular weight is 234 g/mol. The summed E-state index contributed by atoms with van der Waals surface area (Å²) in [4.78, 5) is 2.37. The Hall–Kier alpha value is 0.230. The number of hydrogen-bond acceptors (Lipinski definition) is 4. The van der Waals surface area contributed by atoms with Crippen LogP contribution in [0.2, 0.25) is 0 Å². The fraction of sp³-hybridized carbons (Fsp3) is 1.00. The van der Waals surface area contributed by atoms with E-state index in [0.717, 1.165) is 19.7 Å². The summed E-state index contributed by atoms with van der Waals surface area (Å²) in [5.41, 5.74) is 0. The standard InChI is InChI=1S/C11H26N2OS/c1-10(2)12-8-11(9-14-4)13(3)6-7-15-5/h10-12H,6-9H2,1-5H3. The van der Waals surface area contributed by atoms with Gasteiger partial charge in [0, 0.05) is 38.0 Å². The van der Waals surface area contributed by atoms with Crippen molar-refractivity contribution in [2.75, 3.05) is 45.9 Å². The summed E-state index contributed by atoms with van der Waals surface area (Å²) >= 11 is 1.89. The first-order valence-electron chi connectivity index (χ1n) is 5.53. The SMILES string of the molecule is COCC(CNC(C)C)N(C)CCSC. The number of nitrogens with one attached hydrogen (secondary N) is 1. The van der Waals surface area contributed by atoms with Crippen LogP contribution in [0.4, 0.5) is 0 Å². The van der Waals surface area contributed by atoms with E-state index in [2.05, 4.69) is 37.4 Å². The van der Waals surface area contributed by atoms with Crippen molar-refractivity contribution < 1.29 is 4.74 Å². The highest BCUT2D eigenvalue weighted by atomic mass is 32.2. The van der Waals surface area contributed by atoms with Gasteiger partial charge in [0.1, 0.15) is 0 Å². The molecule has 92 valence electrons. The van der Waals surface area contributed by atoms with E-state index in [-0.39, 0.29) is 0 Å². The number of ether oxygens (including phenoxy) is 1. The minimum absolute atomic E-state index is 0.476. The first-order valence-corrected chi connectivity index (χ1v) is 6.92. The fourth-order valence-corrected chi connectivity index (χ4v) is 1.79. The van der Waals surface area contributed by atoms with Crippen molar-refractivity contribution in [3.05, 3.63) is 0 Å². The molecule has 3 nitrogen and oxygen atoms in total. The lowest BCUT2D eigenvalue weighted by atomic mass is 10.2. The van der Waals surface area contributed by atoms with Crippen LogP contribution in [0.1, 0.15) is 13.8 Å². The highest BCUT2D eigenvalue weighted by Gasteiger charge is 2.14. The smallest absolute Gasteiger partial charge is 0.0630 e. The van der Waals surface area contributed by atoms with E-state index in [1.807, 2.05) is 11.8 Å². The minimum Gasteiger partial charge on any atom is -0.383 e. The maximum atomic E-state index is 5.25. The van der Waals surface area contributed by atoms with Gasteiger partial charge >= 0.3 is 0 Å². The van der Waals surface area contributed by atoms with E-state index in [1.165, 1.54) is 5.75 Å². The molecule has 0 rings (SSSR count). The number of hydrogen-bond donors (Lipinski definition) is 1. The Morgan fingerprint density at radius 3 is 2.53 bits per heavy atom. The Balaban J connectivity index is 3.88. The van der Waals surface area contributed by atoms with Crippen molar-refractivity contribution in [2.45, 2.75) is 25.9 Å². The van der Waals surface area contributed by atoms with Gasteiger partial charge in [0.25, 0.3) is 0 Å². The normalized spacial score (nSPS) is 13.8. The lowest BCUT2D eigenvalue weighted by Crippen LogP contribution is -2.45. The molecule has 0 radical (unpaired) electrons. The first-order chi connectivity index (χ1) is 7.11. The highest BCUT2D eigenvalue weighted by molar-refractivity contribution is 7.98. The van der Waals surface area contributed by atoms with Gasteiger partial charge in [-0.05, 0) is 13.3 Å². The van der Waals surface area contributed by atoms with E-state index in [9.17, 15) is 0 Å². The molecule has 0 aromatic carbocycles. The van der Waals surface area contributed by atoms with Crippen LogP contribution >= 0.6 is 11.8 Å². The molecule has 0 aromatic heterocycles. The third kappa shape index (κ3) is 8.08. The Bertz CT molecular complexity index is 145. The third-order valence-electron chi connectivity index (χ3n) is 2.39. The molecule has 0 saturated heterocycles. The van der Waals surface area contributed by atoms with E-state index in [0.29, 0.717) is 12.1 Å². The molecule has 0 fully saturated rings. The topological polar surface area (TPSA) is 24.5 Å². The van der Waals surface area contributed by atoms with Gasteiger partial charge in [0.05, 0.1) is 6.61 Å². The van der Waals surface area contributed by atoms with Crippen LogP contribution in [-0.2, 0) is 4.74 Å². The van der Waals surface area contributed by atoms with Crippen molar-refractivity contribution >= 4 is 11.8 Å². The predicted molar refractivity (Wildman–Crippen MR) is 69.8 cm³/mol. The van der Waals surface area contributed by atoms with Crippen LogP contribution in [0.5, 0.6) is 0 Å². The van der Waals surface area contributed by atoms with Crippen molar-refractivity contribution in [1.82, 2.24) is 10.2 Å². The van der Waals surface area contributed by atoms with Gasteiger partial charge in [-0.3, -0.25) is 4.90 Å². The van der Waals surface area contributed by atoms with E-state index in [1.54, 1.807) is 7.11 Å². The predicted octanol–water partition coefficient (Wildman–Crippen LogP) is 1.29. The summed E-state index contributed by atoms with van der Waals surface area (Å²) in [6.45, 7) is 7.26. The van der Waals surface area contributed by atoms with Gasteiger partial charge in [-0.15, -0.1) is 0 Å². The van der Waals surface area contributed by atoms with Crippen LogP contribution in [0.3, 0.4) is 0 Å². The largest absolute Gasteiger partial charge is 0.383 e. The second-order valence-electron chi connectivity index (χ2n) is 4.15. The van der Waals surface area contributed by atoms with Crippen LogP contribution < -0.4 is 5.32 Å². The molecule has 0 aliphatic rings. The van der Waals surface area contributed by atoms with Crippen molar-refractivity contribution in [1.29, 1.82) is 0 Å². The van der Waals surface area contributed by atoms with Crippen molar-refractivity contribution in [3.63, 3.8) is 0 Å². The van der Waals surface area contributed by atoms with E-state index < -0.39 is 0 Å². The quantitative estimate of drug-likeness (QED) is 0.650. The zero-order valence-electron chi connectivity index (χ0n) is 10.7. The fourth-order valence-electron chi connectivity index (χ4n) is 1.32. The number of methoxy groups -OCH3 is 1. The highest BCUT2D eigenvalue weighted by Crippen LogP contribution is 2.00. The van der Waals surface area contributed by atoms with Crippen molar-refractivity contribution in [3.8, 4) is 0 Å². The zero-order chi connectivity index (χ0) is 11.7. The van der Waals surface area contributed by atoms with Crippen LogP contribution in [0.25, 0.3) is 0 Å². The molecule has 0 spiro atoms. The van der Waals surface area contributed by atoms with Crippen LogP contribution in [0.15, 0.2) is 0 Å². The Morgan fingerprint density at radius 2 is 2.07 bits per heavy atom. The Morgan fingerprint density at radius 1 is 1.40 bits per heavy atom.